The Hall–Kier alpha value is -0.450. The molecule has 0 radical (unpaired) electrons. The maximum atomic E-state index is 5.50. The highest BCUT2D eigenvalue weighted by Crippen LogP contribution is 2.28. The molecule has 0 spiro atoms. The minimum atomic E-state index is 0.696. The molecule has 90 valence electrons. The Morgan fingerprint density at radius 1 is 1.50 bits per heavy atom. The number of rotatable bonds is 7. The van der Waals surface area contributed by atoms with E-state index in [0.29, 0.717) is 6.54 Å². The quantitative estimate of drug-likeness (QED) is 0.715. The molecule has 1 fully saturated rings. The Morgan fingerprint density at radius 3 is 3.06 bits per heavy atom. The van der Waals surface area contributed by atoms with Crippen LogP contribution in [0.5, 0.6) is 0 Å². The highest BCUT2D eigenvalue weighted by molar-refractivity contribution is 7.09. The Bertz CT molecular complexity index is 307. The van der Waals surface area contributed by atoms with Crippen LogP contribution in [0, 0.1) is 5.92 Å². The lowest BCUT2D eigenvalue weighted by Crippen LogP contribution is -2.21. The van der Waals surface area contributed by atoms with Crippen LogP contribution in [-0.2, 0) is 13.0 Å². The summed E-state index contributed by atoms with van der Waals surface area (Å²) in [7, 11) is 0. The van der Waals surface area contributed by atoms with Crippen LogP contribution in [0.2, 0.25) is 0 Å². The number of hydrogen-bond acceptors (Lipinski definition) is 4. The molecule has 0 saturated heterocycles. The molecule has 16 heavy (non-hydrogen) atoms. The van der Waals surface area contributed by atoms with Crippen molar-refractivity contribution in [2.24, 2.45) is 11.7 Å². The molecule has 0 amide bonds. The molecule has 0 aromatic carbocycles. The summed E-state index contributed by atoms with van der Waals surface area (Å²) in [4.78, 5) is 4.53. The van der Waals surface area contributed by atoms with Crippen molar-refractivity contribution in [3.63, 3.8) is 0 Å². The molecule has 4 heteroatoms. The normalized spacial score (nSPS) is 16.3. The number of aromatic nitrogens is 1. The molecule has 1 aliphatic carbocycles. The molecule has 0 bridgehead atoms. The van der Waals surface area contributed by atoms with E-state index < -0.39 is 0 Å². The maximum Gasteiger partial charge on any atom is 0.0941 e. The molecule has 2 rings (SSSR count). The first-order valence-corrected chi connectivity index (χ1v) is 7.10. The van der Waals surface area contributed by atoms with Crippen LogP contribution in [0.1, 0.15) is 36.4 Å². The molecule has 0 atom stereocenters. The van der Waals surface area contributed by atoms with Crippen LogP contribution in [0.25, 0.3) is 0 Å². The van der Waals surface area contributed by atoms with E-state index in [-0.39, 0.29) is 0 Å². The summed E-state index contributed by atoms with van der Waals surface area (Å²) in [5, 5.41) is 6.77. The first kappa shape index (κ1) is 12.0. The summed E-state index contributed by atoms with van der Waals surface area (Å²) < 4.78 is 0. The van der Waals surface area contributed by atoms with Crippen LogP contribution >= 0.6 is 11.3 Å². The predicted octanol–water partition coefficient (Wildman–Crippen LogP) is 1.92. The summed E-state index contributed by atoms with van der Waals surface area (Å²) in [5.41, 5.74) is 6.67. The number of nitrogens with zero attached hydrogens (tertiary/aromatic N) is 1. The first-order chi connectivity index (χ1) is 7.88. The van der Waals surface area contributed by atoms with Gasteiger partial charge in [0.15, 0.2) is 0 Å². The van der Waals surface area contributed by atoms with Crippen molar-refractivity contribution < 1.29 is 0 Å². The molecular formula is C12H21N3S. The molecule has 3 nitrogen and oxygen atoms in total. The largest absolute Gasteiger partial charge is 0.330 e. The van der Waals surface area contributed by atoms with E-state index in [4.69, 9.17) is 5.73 Å². The van der Waals surface area contributed by atoms with Crippen molar-refractivity contribution in [1.82, 2.24) is 10.3 Å². The van der Waals surface area contributed by atoms with Gasteiger partial charge in [-0.15, -0.1) is 11.3 Å². The van der Waals surface area contributed by atoms with Gasteiger partial charge in [0, 0.05) is 18.3 Å². The topological polar surface area (TPSA) is 50.9 Å². The zero-order chi connectivity index (χ0) is 11.2. The van der Waals surface area contributed by atoms with Crippen molar-refractivity contribution in [1.29, 1.82) is 0 Å². The van der Waals surface area contributed by atoms with E-state index in [9.17, 15) is 0 Å². The third kappa shape index (κ3) is 3.54. The van der Waals surface area contributed by atoms with E-state index in [2.05, 4.69) is 15.7 Å². The molecule has 1 aromatic rings. The second-order valence-corrected chi connectivity index (χ2v) is 5.48. The number of nitrogens with one attached hydrogen (secondary N) is 1. The van der Waals surface area contributed by atoms with Crippen LogP contribution in [0.3, 0.4) is 0 Å². The molecule has 0 unspecified atom stereocenters. The fraction of sp³-hybridized carbons (Fsp3) is 0.750. The van der Waals surface area contributed by atoms with Gasteiger partial charge in [-0.1, -0.05) is 19.3 Å². The van der Waals surface area contributed by atoms with Crippen molar-refractivity contribution >= 4 is 11.3 Å². The van der Waals surface area contributed by atoms with Gasteiger partial charge in [-0.2, -0.15) is 0 Å². The van der Waals surface area contributed by atoms with E-state index in [1.165, 1.54) is 36.4 Å². The van der Waals surface area contributed by atoms with E-state index in [1.807, 2.05) is 0 Å². The smallest absolute Gasteiger partial charge is 0.0941 e. The standard InChI is InChI=1S/C12H21N3S/c13-6-4-12-15-11(9-16-12)8-14-7-5-10-2-1-3-10/h9-10,14H,1-8,13H2. The minimum absolute atomic E-state index is 0.696. The van der Waals surface area contributed by atoms with E-state index in [1.54, 1.807) is 11.3 Å². The Balaban J connectivity index is 1.60. The number of thiazole rings is 1. The second-order valence-electron chi connectivity index (χ2n) is 4.53. The van der Waals surface area contributed by atoms with Gasteiger partial charge in [0.1, 0.15) is 0 Å². The van der Waals surface area contributed by atoms with Gasteiger partial charge in [0.2, 0.25) is 0 Å². The Labute approximate surface area is 101 Å². The summed E-state index contributed by atoms with van der Waals surface area (Å²) in [6.07, 6.45) is 6.57. The van der Waals surface area contributed by atoms with Gasteiger partial charge in [0.05, 0.1) is 10.7 Å². The zero-order valence-electron chi connectivity index (χ0n) is 9.74. The lowest BCUT2D eigenvalue weighted by atomic mass is 9.83. The van der Waals surface area contributed by atoms with Gasteiger partial charge in [-0.05, 0) is 25.4 Å². The fourth-order valence-electron chi connectivity index (χ4n) is 1.97. The van der Waals surface area contributed by atoms with Crippen LogP contribution < -0.4 is 11.1 Å². The van der Waals surface area contributed by atoms with Gasteiger partial charge >= 0.3 is 0 Å². The highest BCUT2D eigenvalue weighted by atomic mass is 32.1. The van der Waals surface area contributed by atoms with Gasteiger partial charge in [-0.25, -0.2) is 4.98 Å². The third-order valence-corrected chi connectivity index (χ3v) is 4.18. The summed E-state index contributed by atoms with van der Waals surface area (Å²) in [6, 6.07) is 0. The van der Waals surface area contributed by atoms with Crippen molar-refractivity contribution in [3.05, 3.63) is 16.1 Å². The second kappa shape index (κ2) is 6.33. The van der Waals surface area contributed by atoms with Crippen molar-refractivity contribution in [2.45, 2.75) is 38.6 Å². The number of nitrogens with two attached hydrogens (primary N) is 1. The predicted molar refractivity (Wildman–Crippen MR) is 68.5 cm³/mol. The number of hydrogen-bond donors (Lipinski definition) is 2. The molecule has 1 heterocycles. The maximum absolute atomic E-state index is 5.50. The first-order valence-electron chi connectivity index (χ1n) is 6.22. The lowest BCUT2D eigenvalue weighted by molar-refractivity contribution is 0.292. The summed E-state index contributed by atoms with van der Waals surface area (Å²) in [6.45, 7) is 2.74. The monoisotopic (exact) mass is 239 g/mol. The van der Waals surface area contributed by atoms with Gasteiger partial charge in [-0.3, -0.25) is 0 Å². The molecule has 1 aliphatic rings. The molecule has 0 aliphatic heterocycles. The zero-order valence-corrected chi connectivity index (χ0v) is 10.6. The average Bonchev–Trinajstić information content (AvgIpc) is 2.63. The van der Waals surface area contributed by atoms with Crippen LogP contribution in [0.15, 0.2) is 5.38 Å². The molecule has 1 saturated carbocycles. The van der Waals surface area contributed by atoms with Crippen molar-refractivity contribution in [3.8, 4) is 0 Å². The minimum Gasteiger partial charge on any atom is -0.330 e. The van der Waals surface area contributed by atoms with Gasteiger partial charge in [0.25, 0.3) is 0 Å². The fourth-order valence-corrected chi connectivity index (χ4v) is 2.79. The third-order valence-electron chi connectivity index (χ3n) is 3.22. The lowest BCUT2D eigenvalue weighted by Gasteiger charge is -2.25. The van der Waals surface area contributed by atoms with E-state index in [0.717, 1.165) is 25.4 Å². The van der Waals surface area contributed by atoms with Gasteiger partial charge < -0.3 is 11.1 Å². The Kier molecular flexibility index (Phi) is 4.75. The van der Waals surface area contributed by atoms with Crippen LogP contribution in [-0.4, -0.2) is 18.1 Å². The molecule has 1 aromatic heterocycles. The Morgan fingerprint density at radius 2 is 2.38 bits per heavy atom. The average molecular weight is 239 g/mol. The summed E-state index contributed by atoms with van der Waals surface area (Å²) in [5.74, 6) is 0.996. The SMILES string of the molecule is NCCc1nc(CNCCC2CCC2)cs1. The molecule has 3 N–H and O–H groups in total. The van der Waals surface area contributed by atoms with E-state index >= 15 is 0 Å². The highest BCUT2D eigenvalue weighted by Gasteiger charge is 2.16. The summed E-state index contributed by atoms with van der Waals surface area (Å²) >= 11 is 1.72. The van der Waals surface area contributed by atoms with Crippen LogP contribution in [0.4, 0.5) is 0 Å². The molecular weight excluding hydrogens is 218 g/mol. The van der Waals surface area contributed by atoms with Crippen molar-refractivity contribution in [2.75, 3.05) is 13.1 Å².